The highest BCUT2D eigenvalue weighted by molar-refractivity contribution is 4.85. The number of hydrogen-bond acceptors (Lipinski definition) is 2. The lowest BCUT2D eigenvalue weighted by molar-refractivity contribution is -0.0635. The fraction of sp³-hybridized carbons (Fsp3) is 1.00. The van der Waals surface area contributed by atoms with E-state index in [0.717, 1.165) is 5.92 Å². The summed E-state index contributed by atoms with van der Waals surface area (Å²) in [7, 11) is 0. The van der Waals surface area contributed by atoms with E-state index < -0.39 is 0 Å². The quantitative estimate of drug-likeness (QED) is 0.740. The molecule has 0 aromatic heterocycles. The monoisotopic (exact) mass is 225 g/mol. The summed E-state index contributed by atoms with van der Waals surface area (Å²) in [6, 6.07) is 0.577. The third-order valence-corrected chi connectivity index (χ3v) is 4.38. The van der Waals surface area contributed by atoms with Crippen LogP contribution in [0, 0.1) is 11.3 Å². The smallest absolute Gasteiger partial charge is 0.0790 e. The minimum absolute atomic E-state index is 0.488. The first-order chi connectivity index (χ1) is 7.57. The molecule has 0 saturated heterocycles. The molecular formula is C14H27NO. The van der Waals surface area contributed by atoms with Crippen molar-refractivity contribution in [1.29, 1.82) is 0 Å². The van der Waals surface area contributed by atoms with Crippen molar-refractivity contribution in [3.63, 3.8) is 0 Å². The highest BCUT2D eigenvalue weighted by atomic mass is 16.7. The van der Waals surface area contributed by atoms with Crippen LogP contribution < -0.4 is 5.48 Å². The van der Waals surface area contributed by atoms with E-state index in [1.807, 2.05) is 0 Å². The second-order valence-corrected chi connectivity index (χ2v) is 6.63. The van der Waals surface area contributed by atoms with Crippen molar-refractivity contribution in [3.05, 3.63) is 0 Å². The molecule has 2 aliphatic rings. The summed E-state index contributed by atoms with van der Waals surface area (Å²) >= 11 is 0. The Kier molecular flexibility index (Phi) is 3.91. The van der Waals surface area contributed by atoms with Gasteiger partial charge in [0.2, 0.25) is 0 Å². The van der Waals surface area contributed by atoms with Crippen LogP contribution in [-0.2, 0) is 4.84 Å². The van der Waals surface area contributed by atoms with E-state index in [-0.39, 0.29) is 0 Å². The summed E-state index contributed by atoms with van der Waals surface area (Å²) in [5.41, 5.74) is 3.88. The van der Waals surface area contributed by atoms with E-state index in [1.54, 1.807) is 0 Å². The minimum Gasteiger partial charge on any atom is -0.298 e. The van der Waals surface area contributed by atoms with Gasteiger partial charge in [0.1, 0.15) is 0 Å². The van der Waals surface area contributed by atoms with E-state index in [4.69, 9.17) is 4.84 Å². The lowest BCUT2D eigenvalue weighted by Crippen LogP contribution is -2.42. The van der Waals surface area contributed by atoms with Gasteiger partial charge in [-0.15, -0.1) is 0 Å². The highest BCUT2D eigenvalue weighted by Gasteiger charge is 2.32. The van der Waals surface area contributed by atoms with Gasteiger partial charge < -0.3 is 0 Å². The first-order valence-electron chi connectivity index (χ1n) is 6.98. The van der Waals surface area contributed by atoms with Crippen LogP contribution in [0.1, 0.15) is 65.7 Å². The van der Waals surface area contributed by atoms with Crippen molar-refractivity contribution in [3.8, 4) is 0 Å². The zero-order valence-electron chi connectivity index (χ0n) is 11.1. The minimum atomic E-state index is 0.488. The lowest BCUT2D eigenvalue weighted by atomic mass is 9.71. The fourth-order valence-electron chi connectivity index (χ4n) is 3.31. The van der Waals surface area contributed by atoms with E-state index in [1.165, 1.54) is 44.9 Å². The molecule has 1 N–H and O–H groups in total. The third-order valence-electron chi connectivity index (χ3n) is 4.38. The summed E-state index contributed by atoms with van der Waals surface area (Å²) in [6.07, 6.45) is 9.59. The molecule has 0 bridgehead atoms. The first kappa shape index (κ1) is 12.4. The van der Waals surface area contributed by atoms with Crippen LogP contribution in [0.25, 0.3) is 0 Å². The van der Waals surface area contributed by atoms with Gasteiger partial charge in [-0.2, -0.15) is 5.48 Å². The molecule has 2 saturated carbocycles. The SMILES string of the molecule is CC1CC(C)(C)CCC1NOC1CCCC1. The molecule has 0 aromatic carbocycles. The van der Waals surface area contributed by atoms with Crippen LogP contribution in [0.2, 0.25) is 0 Å². The molecule has 0 spiro atoms. The van der Waals surface area contributed by atoms with E-state index in [9.17, 15) is 0 Å². The van der Waals surface area contributed by atoms with Gasteiger partial charge in [-0.25, -0.2) is 0 Å². The van der Waals surface area contributed by atoms with Crippen LogP contribution in [0.15, 0.2) is 0 Å². The van der Waals surface area contributed by atoms with Crippen molar-refractivity contribution in [1.82, 2.24) is 5.48 Å². The molecule has 0 aromatic rings. The first-order valence-corrected chi connectivity index (χ1v) is 6.98. The molecule has 2 unspecified atom stereocenters. The average Bonchev–Trinajstić information content (AvgIpc) is 2.68. The summed E-state index contributed by atoms with van der Waals surface area (Å²) < 4.78 is 0. The van der Waals surface area contributed by atoms with Gasteiger partial charge in [0.05, 0.1) is 6.10 Å². The Morgan fingerprint density at radius 2 is 1.81 bits per heavy atom. The third kappa shape index (κ3) is 3.21. The Bertz CT molecular complexity index is 221. The van der Waals surface area contributed by atoms with E-state index >= 15 is 0 Å². The second-order valence-electron chi connectivity index (χ2n) is 6.63. The van der Waals surface area contributed by atoms with Crippen LogP contribution in [0.3, 0.4) is 0 Å². The van der Waals surface area contributed by atoms with Gasteiger partial charge in [-0.3, -0.25) is 4.84 Å². The van der Waals surface area contributed by atoms with Gasteiger partial charge in [0, 0.05) is 6.04 Å². The Labute approximate surface area is 100 Å². The van der Waals surface area contributed by atoms with Gasteiger partial charge in [-0.05, 0) is 43.4 Å². The number of rotatable bonds is 3. The molecule has 0 amide bonds. The molecular weight excluding hydrogens is 198 g/mol. The van der Waals surface area contributed by atoms with Gasteiger partial charge >= 0.3 is 0 Å². The number of hydrogen-bond donors (Lipinski definition) is 1. The largest absolute Gasteiger partial charge is 0.298 e. The molecule has 2 atom stereocenters. The van der Waals surface area contributed by atoms with Crippen molar-refractivity contribution >= 4 is 0 Å². The van der Waals surface area contributed by atoms with Crippen LogP contribution in [0.5, 0.6) is 0 Å². The lowest BCUT2D eigenvalue weighted by Gasteiger charge is -2.39. The van der Waals surface area contributed by atoms with Crippen molar-refractivity contribution in [2.45, 2.75) is 77.9 Å². The van der Waals surface area contributed by atoms with Crippen LogP contribution >= 0.6 is 0 Å². The standard InChI is InChI=1S/C14H27NO/c1-11-10-14(2,3)9-8-13(11)15-16-12-6-4-5-7-12/h11-13,15H,4-10H2,1-3H3. The molecule has 94 valence electrons. The zero-order chi connectivity index (χ0) is 11.6. The Morgan fingerprint density at radius 3 is 2.44 bits per heavy atom. The maximum absolute atomic E-state index is 5.83. The summed E-state index contributed by atoms with van der Waals surface area (Å²) in [5, 5.41) is 0. The molecule has 2 rings (SSSR count). The van der Waals surface area contributed by atoms with Crippen molar-refractivity contribution < 1.29 is 4.84 Å². The van der Waals surface area contributed by atoms with Crippen LogP contribution in [0.4, 0.5) is 0 Å². The van der Waals surface area contributed by atoms with E-state index in [2.05, 4.69) is 26.3 Å². The second kappa shape index (κ2) is 5.05. The van der Waals surface area contributed by atoms with E-state index in [0.29, 0.717) is 17.6 Å². The number of hydroxylamine groups is 1. The molecule has 0 heterocycles. The molecule has 16 heavy (non-hydrogen) atoms. The van der Waals surface area contributed by atoms with Crippen LogP contribution in [-0.4, -0.2) is 12.1 Å². The van der Waals surface area contributed by atoms with Gasteiger partial charge in [-0.1, -0.05) is 33.6 Å². The molecule has 2 fully saturated rings. The predicted octanol–water partition coefficient (Wildman–Crippen LogP) is 3.67. The maximum Gasteiger partial charge on any atom is 0.0790 e. The fourth-order valence-corrected chi connectivity index (χ4v) is 3.31. The van der Waals surface area contributed by atoms with Crippen molar-refractivity contribution in [2.24, 2.45) is 11.3 Å². The summed E-state index contributed by atoms with van der Waals surface area (Å²) in [6.45, 7) is 7.13. The molecule has 2 heteroatoms. The van der Waals surface area contributed by atoms with Crippen molar-refractivity contribution in [2.75, 3.05) is 0 Å². The summed E-state index contributed by atoms with van der Waals surface area (Å²) in [5.74, 6) is 0.741. The predicted molar refractivity (Wildman–Crippen MR) is 67.1 cm³/mol. The molecule has 0 aliphatic heterocycles. The Balaban J connectivity index is 1.73. The zero-order valence-corrected chi connectivity index (χ0v) is 11.1. The highest BCUT2D eigenvalue weighted by Crippen LogP contribution is 2.38. The molecule has 0 radical (unpaired) electrons. The summed E-state index contributed by atoms with van der Waals surface area (Å²) in [4.78, 5) is 5.83. The molecule has 2 nitrogen and oxygen atoms in total. The average molecular weight is 225 g/mol. The number of nitrogens with one attached hydrogen (secondary N) is 1. The Hall–Kier alpha value is -0.0800. The van der Waals surface area contributed by atoms with Gasteiger partial charge in [0.25, 0.3) is 0 Å². The van der Waals surface area contributed by atoms with Gasteiger partial charge in [0.15, 0.2) is 0 Å². The maximum atomic E-state index is 5.83. The topological polar surface area (TPSA) is 21.3 Å². The molecule has 2 aliphatic carbocycles. The normalized spacial score (nSPS) is 35.4. The Morgan fingerprint density at radius 1 is 1.12 bits per heavy atom.